The molecule has 18 rings (SSSR count). The molecule has 16 aromatic rings. The van der Waals surface area contributed by atoms with Crippen LogP contribution in [0.25, 0.3) is 111 Å². The van der Waals surface area contributed by atoms with Crippen LogP contribution in [-0.2, 0) is 5.41 Å². The second-order valence-corrected chi connectivity index (χ2v) is 23.5. The van der Waals surface area contributed by atoms with Crippen LogP contribution in [0.3, 0.4) is 0 Å². The van der Waals surface area contributed by atoms with Crippen molar-refractivity contribution in [3.63, 3.8) is 0 Å². The van der Waals surface area contributed by atoms with Crippen LogP contribution in [0.5, 0.6) is 0 Å². The van der Waals surface area contributed by atoms with Gasteiger partial charge in [-0.15, -0.1) is 0 Å². The van der Waals surface area contributed by atoms with Gasteiger partial charge >= 0.3 is 0 Å². The van der Waals surface area contributed by atoms with Gasteiger partial charge in [0.2, 0.25) is 0 Å². The van der Waals surface area contributed by atoms with Crippen LogP contribution in [0.15, 0.2) is 336 Å². The number of benzene rings is 14. The van der Waals surface area contributed by atoms with E-state index >= 15 is 0 Å². The molecule has 2 aromatic heterocycles. The lowest BCUT2D eigenvalue weighted by Gasteiger charge is -2.31. The lowest BCUT2D eigenvalue weighted by Crippen LogP contribution is -2.25. The van der Waals surface area contributed by atoms with E-state index in [1.54, 1.807) is 0 Å². The molecule has 4 heteroatoms. The predicted octanol–water partition coefficient (Wildman–Crippen LogP) is 23.4. The summed E-state index contributed by atoms with van der Waals surface area (Å²) in [7, 11) is 0. The number of hydrogen-bond acceptors (Lipinski definition) is 4. The van der Waals surface area contributed by atoms with Crippen LogP contribution >= 0.6 is 0 Å². The Morgan fingerprint density at radius 2 is 0.607 bits per heavy atom. The fraction of sp³-hybridized carbons (Fsp3) is 0.0118. The Labute approximate surface area is 515 Å². The summed E-state index contributed by atoms with van der Waals surface area (Å²) in [4.78, 5) is 4.81. The minimum atomic E-state index is -0.528. The highest BCUT2D eigenvalue weighted by Crippen LogP contribution is 2.63. The van der Waals surface area contributed by atoms with E-state index in [9.17, 15) is 0 Å². The zero-order valence-electron chi connectivity index (χ0n) is 48.4. The summed E-state index contributed by atoms with van der Waals surface area (Å²) in [5.41, 5.74) is 28.0. The number of nitrogens with zero attached hydrogens (tertiary/aromatic N) is 2. The molecule has 89 heavy (non-hydrogen) atoms. The molecule has 0 atom stereocenters. The van der Waals surface area contributed by atoms with E-state index in [1.165, 1.54) is 44.5 Å². The summed E-state index contributed by atoms with van der Waals surface area (Å²) >= 11 is 0. The average Bonchev–Trinajstić information content (AvgIpc) is 1.52. The Hall–Kier alpha value is -11.7. The molecule has 0 saturated heterocycles. The number of para-hydroxylation sites is 4. The van der Waals surface area contributed by atoms with Crippen molar-refractivity contribution < 1.29 is 8.83 Å². The van der Waals surface area contributed by atoms with E-state index in [2.05, 4.69) is 331 Å². The van der Waals surface area contributed by atoms with Crippen LogP contribution in [0.1, 0.15) is 22.3 Å². The normalized spacial score (nSPS) is 12.6. The molecule has 14 aromatic carbocycles. The van der Waals surface area contributed by atoms with E-state index in [0.717, 1.165) is 123 Å². The van der Waals surface area contributed by atoms with Crippen LogP contribution in [-0.4, -0.2) is 0 Å². The Bertz CT molecular complexity index is 5370. The van der Waals surface area contributed by atoms with Crippen molar-refractivity contribution >= 4 is 78.0 Å². The quantitative estimate of drug-likeness (QED) is 0.137. The molecule has 0 N–H and O–H groups in total. The highest BCUT2D eigenvalue weighted by molar-refractivity contribution is 6.11. The fourth-order valence-electron chi connectivity index (χ4n) is 14.7. The lowest BCUT2D eigenvalue weighted by molar-refractivity contribution is 0.669. The Morgan fingerprint density at radius 3 is 1.17 bits per heavy atom. The van der Waals surface area contributed by atoms with Crippen molar-refractivity contribution in [1.29, 1.82) is 0 Å². The maximum atomic E-state index is 7.00. The van der Waals surface area contributed by atoms with Crippen molar-refractivity contribution in [3.05, 3.63) is 350 Å². The minimum Gasteiger partial charge on any atom is -0.455 e. The first-order valence-corrected chi connectivity index (χ1v) is 30.5. The second-order valence-electron chi connectivity index (χ2n) is 23.5. The monoisotopic (exact) mass is 1130 g/mol. The molecular formula is C85H54N2O2. The van der Waals surface area contributed by atoms with E-state index in [1.807, 2.05) is 6.07 Å². The van der Waals surface area contributed by atoms with Gasteiger partial charge in [0.15, 0.2) is 5.58 Å². The highest BCUT2D eigenvalue weighted by atomic mass is 16.3. The molecule has 0 bridgehead atoms. The van der Waals surface area contributed by atoms with Gasteiger partial charge in [-0.25, -0.2) is 0 Å². The second kappa shape index (κ2) is 20.2. The van der Waals surface area contributed by atoms with E-state index in [4.69, 9.17) is 8.83 Å². The van der Waals surface area contributed by atoms with Gasteiger partial charge in [-0.3, -0.25) is 0 Å². The number of fused-ring (bicyclic) bond motifs is 16. The molecule has 0 radical (unpaired) electrons. The van der Waals surface area contributed by atoms with Crippen molar-refractivity contribution in [2.45, 2.75) is 5.41 Å². The van der Waals surface area contributed by atoms with Gasteiger partial charge in [-0.2, -0.15) is 0 Å². The highest BCUT2D eigenvalue weighted by Gasteiger charge is 2.51. The molecule has 1 spiro atoms. The standard InChI is InChI=1S/C85H54N2O2/c1-3-19-55(20-4-1)57-37-44-62(45-38-57)86(63-48-41-59(42-49-63)67-28-17-29-74-72-26-10-15-35-81(72)88-83(67)74)65-51-61(60-43-50-71-70-25-9-14-33-78(70)85(79(71)53-60)76-31-12-7-23-68(76)69-24-8-13-32-77(69)85)52-66(54-65)87(64-46-39-58(40-47-64)56-21-5-2-6-22-56)80-34-18-30-75-73-27-11-16-36-82(73)89-84(75)80/h1-54H. The van der Waals surface area contributed by atoms with Gasteiger partial charge in [0, 0.05) is 55.5 Å². The molecule has 0 saturated carbocycles. The molecule has 0 fully saturated rings. The van der Waals surface area contributed by atoms with Crippen molar-refractivity contribution in [2.75, 3.05) is 9.80 Å². The summed E-state index contributed by atoms with van der Waals surface area (Å²) in [6, 6.07) is 119. The molecule has 0 aliphatic heterocycles. The molecular weight excluding hydrogens is 1080 g/mol. The van der Waals surface area contributed by atoms with Crippen molar-refractivity contribution in [2.24, 2.45) is 0 Å². The lowest BCUT2D eigenvalue weighted by atomic mass is 9.70. The van der Waals surface area contributed by atoms with Crippen molar-refractivity contribution in [3.8, 4) is 66.8 Å². The topological polar surface area (TPSA) is 32.8 Å². The Kier molecular flexibility index (Phi) is 11.5. The first kappa shape index (κ1) is 50.6. The largest absolute Gasteiger partial charge is 0.455 e. The fourth-order valence-corrected chi connectivity index (χ4v) is 14.7. The predicted molar refractivity (Wildman–Crippen MR) is 368 cm³/mol. The number of hydrogen-bond donors (Lipinski definition) is 0. The summed E-state index contributed by atoms with van der Waals surface area (Å²) in [6.45, 7) is 0. The molecule has 2 aliphatic carbocycles. The van der Waals surface area contributed by atoms with E-state index in [0.29, 0.717) is 0 Å². The number of anilines is 6. The molecule has 2 heterocycles. The summed E-state index contributed by atoms with van der Waals surface area (Å²) in [5.74, 6) is 0. The number of furan rings is 2. The zero-order chi connectivity index (χ0) is 58.6. The van der Waals surface area contributed by atoms with Crippen LogP contribution < -0.4 is 9.80 Å². The van der Waals surface area contributed by atoms with Crippen molar-refractivity contribution in [1.82, 2.24) is 0 Å². The Balaban J connectivity index is 0.892. The molecule has 416 valence electrons. The molecule has 0 unspecified atom stereocenters. The maximum Gasteiger partial charge on any atom is 0.159 e. The maximum absolute atomic E-state index is 7.00. The smallest absolute Gasteiger partial charge is 0.159 e. The Morgan fingerprint density at radius 1 is 0.213 bits per heavy atom. The molecule has 0 amide bonds. The van der Waals surface area contributed by atoms with Gasteiger partial charge in [0.1, 0.15) is 16.7 Å². The third kappa shape index (κ3) is 7.94. The molecule has 2 aliphatic rings. The van der Waals surface area contributed by atoms with Crippen LogP contribution in [0.4, 0.5) is 34.1 Å². The van der Waals surface area contributed by atoms with Crippen LogP contribution in [0, 0.1) is 0 Å². The van der Waals surface area contributed by atoms with Gasteiger partial charge < -0.3 is 18.6 Å². The first-order valence-electron chi connectivity index (χ1n) is 30.5. The third-order valence-corrected chi connectivity index (χ3v) is 18.7. The summed E-state index contributed by atoms with van der Waals surface area (Å²) < 4.78 is 13.6. The first-order chi connectivity index (χ1) is 44.1. The van der Waals surface area contributed by atoms with E-state index in [-0.39, 0.29) is 0 Å². The van der Waals surface area contributed by atoms with Gasteiger partial charge in [0.25, 0.3) is 0 Å². The van der Waals surface area contributed by atoms with Crippen LogP contribution in [0.2, 0.25) is 0 Å². The van der Waals surface area contributed by atoms with Gasteiger partial charge in [-0.1, -0.05) is 249 Å². The molecule has 4 nitrogen and oxygen atoms in total. The minimum absolute atomic E-state index is 0.528. The number of rotatable bonds is 10. The van der Waals surface area contributed by atoms with Gasteiger partial charge in [0.05, 0.1) is 11.1 Å². The summed E-state index contributed by atoms with van der Waals surface area (Å²) in [5, 5.41) is 4.35. The third-order valence-electron chi connectivity index (χ3n) is 18.7. The average molecular weight is 1140 g/mol. The zero-order valence-corrected chi connectivity index (χ0v) is 48.4. The summed E-state index contributed by atoms with van der Waals surface area (Å²) in [6.07, 6.45) is 0. The van der Waals surface area contributed by atoms with E-state index < -0.39 is 5.41 Å². The van der Waals surface area contributed by atoms with Gasteiger partial charge in [-0.05, 0) is 162 Å². The SMILES string of the molecule is c1ccc(-c2ccc(N(c3ccc(-c4cccc5c4oc4ccccc45)cc3)c3cc(-c4ccc5c(c4)C4(c6ccccc6-c6ccccc64)c4ccccc4-5)cc(N(c4ccc(-c5ccccc5)cc4)c4cccc5c4oc4ccccc45)c3)cc2)cc1.